The van der Waals surface area contributed by atoms with Gasteiger partial charge in [0.1, 0.15) is 11.4 Å². The predicted octanol–water partition coefficient (Wildman–Crippen LogP) is 2.68. The van der Waals surface area contributed by atoms with Gasteiger partial charge in [-0.05, 0) is 42.7 Å². The lowest BCUT2D eigenvalue weighted by Crippen LogP contribution is -2.41. The summed E-state index contributed by atoms with van der Waals surface area (Å²) in [5.41, 5.74) is 3.59. The molecule has 0 saturated carbocycles. The zero-order valence-corrected chi connectivity index (χ0v) is 17.0. The topological polar surface area (TPSA) is 105 Å². The molecule has 3 N–H and O–H groups in total. The number of nitrogens with one attached hydrogen (secondary N) is 2. The smallest absolute Gasteiger partial charge is 0.269 e. The Labute approximate surface area is 170 Å². The van der Waals surface area contributed by atoms with E-state index in [9.17, 15) is 9.90 Å². The Morgan fingerprint density at radius 1 is 1.21 bits per heavy atom. The average molecular weight is 394 g/mol. The molecule has 0 saturated heterocycles. The summed E-state index contributed by atoms with van der Waals surface area (Å²) >= 11 is 0. The summed E-state index contributed by atoms with van der Waals surface area (Å²) in [6, 6.07) is 11.0. The first-order valence-electron chi connectivity index (χ1n) is 9.50. The molecule has 0 bridgehead atoms. The minimum absolute atomic E-state index is 0.117. The summed E-state index contributed by atoms with van der Waals surface area (Å²) < 4.78 is 1.51. The molecule has 0 radical (unpaired) electrons. The van der Waals surface area contributed by atoms with Crippen molar-refractivity contribution >= 4 is 17.5 Å². The van der Waals surface area contributed by atoms with Gasteiger partial charge in [0.05, 0.1) is 18.3 Å². The highest BCUT2D eigenvalue weighted by Crippen LogP contribution is 2.20. The third-order valence-electron chi connectivity index (χ3n) is 4.62. The van der Waals surface area contributed by atoms with Crippen LogP contribution in [0.2, 0.25) is 0 Å². The van der Waals surface area contributed by atoms with Gasteiger partial charge in [0.15, 0.2) is 0 Å². The van der Waals surface area contributed by atoms with Gasteiger partial charge in [0.2, 0.25) is 5.95 Å². The highest BCUT2D eigenvalue weighted by molar-refractivity contribution is 5.93. The van der Waals surface area contributed by atoms with Crippen molar-refractivity contribution in [3.63, 3.8) is 0 Å². The molecule has 152 valence electrons. The quantitative estimate of drug-likeness (QED) is 0.569. The first-order valence-corrected chi connectivity index (χ1v) is 9.50. The van der Waals surface area contributed by atoms with E-state index in [2.05, 4.69) is 25.7 Å². The lowest BCUT2D eigenvalue weighted by molar-refractivity contribution is 0.0887. The monoisotopic (exact) mass is 394 g/mol. The normalized spacial score (nSPS) is 12.1. The largest absolute Gasteiger partial charge is 0.394 e. The maximum absolute atomic E-state index is 12.6. The third kappa shape index (κ3) is 4.97. The van der Waals surface area contributed by atoms with E-state index >= 15 is 0 Å². The van der Waals surface area contributed by atoms with Gasteiger partial charge in [-0.2, -0.15) is 5.10 Å². The van der Waals surface area contributed by atoms with Crippen molar-refractivity contribution in [1.29, 1.82) is 0 Å². The van der Waals surface area contributed by atoms with Gasteiger partial charge in [-0.15, -0.1) is 0 Å². The van der Waals surface area contributed by atoms with Crippen molar-refractivity contribution in [3.8, 4) is 11.4 Å². The van der Waals surface area contributed by atoms with E-state index in [-0.39, 0.29) is 24.5 Å². The summed E-state index contributed by atoms with van der Waals surface area (Å²) in [5.74, 6) is 0.282. The number of aliphatic hydroxyl groups excluding tert-OH is 1. The number of benzene rings is 1. The van der Waals surface area contributed by atoms with Crippen LogP contribution in [0.4, 0.5) is 11.6 Å². The number of aryl methyl sites for hydroxylation is 2. The molecule has 1 aromatic carbocycles. The SMILES string of the molecule is Cc1cccc(Nc2nccc(-c3cc(C(=O)NC(CO)C(C)C)n(C)n3)n2)c1. The second kappa shape index (κ2) is 8.83. The van der Waals surface area contributed by atoms with E-state index in [1.54, 1.807) is 25.4 Å². The standard InChI is InChI=1S/C21H26N6O2/c1-13(2)18(12-28)24-20(29)19-11-17(26-27(19)4)16-8-9-22-21(25-16)23-15-7-5-6-14(3)10-15/h5-11,13,18,28H,12H2,1-4H3,(H,24,29)(H,22,23,25). The van der Waals surface area contributed by atoms with Crippen LogP contribution in [0.1, 0.15) is 29.9 Å². The summed E-state index contributed by atoms with van der Waals surface area (Å²) in [6.45, 7) is 5.79. The number of amides is 1. The molecule has 0 spiro atoms. The van der Waals surface area contributed by atoms with E-state index in [4.69, 9.17) is 0 Å². The Kier molecular flexibility index (Phi) is 6.23. The van der Waals surface area contributed by atoms with Gasteiger partial charge < -0.3 is 15.7 Å². The maximum Gasteiger partial charge on any atom is 0.269 e. The van der Waals surface area contributed by atoms with E-state index in [0.717, 1.165) is 11.3 Å². The number of aliphatic hydroxyl groups is 1. The van der Waals surface area contributed by atoms with Gasteiger partial charge in [-0.1, -0.05) is 26.0 Å². The fourth-order valence-corrected chi connectivity index (χ4v) is 2.88. The highest BCUT2D eigenvalue weighted by Gasteiger charge is 2.20. The Balaban J connectivity index is 1.81. The van der Waals surface area contributed by atoms with Crippen LogP contribution in [-0.4, -0.2) is 43.4 Å². The Hall–Kier alpha value is -3.26. The Bertz CT molecular complexity index is 998. The molecule has 8 heteroatoms. The molecule has 8 nitrogen and oxygen atoms in total. The van der Waals surface area contributed by atoms with Crippen molar-refractivity contribution in [2.45, 2.75) is 26.8 Å². The number of hydrogen-bond donors (Lipinski definition) is 3. The highest BCUT2D eigenvalue weighted by atomic mass is 16.3. The molecule has 2 aromatic heterocycles. The number of carbonyl (C=O) groups excluding carboxylic acids is 1. The number of anilines is 2. The molecular weight excluding hydrogens is 368 g/mol. The second-order valence-corrected chi connectivity index (χ2v) is 7.30. The first kappa shape index (κ1) is 20.5. The Morgan fingerprint density at radius 3 is 2.69 bits per heavy atom. The van der Waals surface area contributed by atoms with Crippen molar-refractivity contribution in [2.24, 2.45) is 13.0 Å². The molecule has 2 heterocycles. The lowest BCUT2D eigenvalue weighted by Gasteiger charge is -2.19. The molecule has 0 aliphatic rings. The average Bonchev–Trinajstić information content (AvgIpc) is 3.08. The van der Waals surface area contributed by atoms with Crippen LogP contribution in [0.15, 0.2) is 42.6 Å². The number of aromatic nitrogens is 4. The van der Waals surface area contributed by atoms with Crippen LogP contribution in [0.3, 0.4) is 0 Å². The van der Waals surface area contributed by atoms with Gasteiger partial charge in [-0.25, -0.2) is 9.97 Å². The van der Waals surface area contributed by atoms with E-state index in [1.807, 2.05) is 45.0 Å². The van der Waals surface area contributed by atoms with Crippen LogP contribution in [0, 0.1) is 12.8 Å². The van der Waals surface area contributed by atoms with Crippen molar-refractivity contribution in [3.05, 3.63) is 53.9 Å². The van der Waals surface area contributed by atoms with Gasteiger partial charge >= 0.3 is 0 Å². The summed E-state index contributed by atoms with van der Waals surface area (Å²) in [4.78, 5) is 21.4. The van der Waals surface area contributed by atoms with E-state index < -0.39 is 0 Å². The van der Waals surface area contributed by atoms with Crippen molar-refractivity contribution in [2.75, 3.05) is 11.9 Å². The van der Waals surface area contributed by atoms with E-state index in [1.165, 1.54) is 4.68 Å². The zero-order chi connectivity index (χ0) is 21.0. The van der Waals surface area contributed by atoms with Gasteiger partial charge in [0.25, 0.3) is 5.91 Å². The summed E-state index contributed by atoms with van der Waals surface area (Å²) in [5, 5.41) is 19.9. The Morgan fingerprint density at radius 2 is 2.00 bits per heavy atom. The number of carbonyl (C=O) groups is 1. The van der Waals surface area contributed by atoms with Crippen LogP contribution in [0.5, 0.6) is 0 Å². The van der Waals surface area contributed by atoms with Crippen LogP contribution in [0.25, 0.3) is 11.4 Å². The molecule has 1 amide bonds. The fraction of sp³-hybridized carbons (Fsp3) is 0.333. The number of hydrogen-bond acceptors (Lipinski definition) is 6. The molecule has 0 aliphatic carbocycles. The van der Waals surface area contributed by atoms with Crippen molar-refractivity contribution in [1.82, 2.24) is 25.1 Å². The maximum atomic E-state index is 12.6. The second-order valence-electron chi connectivity index (χ2n) is 7.30. The molecule has 3 rings (SSSR count). The number of nitrogens with zero attached hydrogens (tertiary/aromatic N) is 4. The minimum atomic E-state index is -0.315. The van der Waals surface area contributed by atoms with Crippen LogP contribution >= 0.6 is 0 Å². The zero-order valence-electron chi connectivity index (χ0n) is 17.0. The third-order valence-corrected chi connectivity index (χ3v) is 4.62. The predicted molar refractivity (Wildman–Crippen MR) is 112 cm³/mol. The summed E-state index contributed by atoms with van der Waals surface area (Å²) in [6.07, 6.45) is 1.65. The summed E-state index contributed by atoms with van der Waals surface area (Å²) in [7, 11) is 1.70. The first-order chi connectivity index (χ1) is 13.9. The van der Waals surface area contributed by atoms with Gasteiger partial charge in [0, 0.05) is 18.9 Å². The van der Waals surface area contributed by atoms with Crippen molar-refractivity contribution < 1.29 is 9.90 Å². The van der Waals surface area contributed by atoms with Gasteiger partial charge in [-0.3, -0.25) is 9.48 Å². The molecular formula is C21H26N6O2. The minimum Gasteiger partial charge on any atom is -0.394 e. The molecule has 1 atom stereocenters. The van der Waals surface area contributed by atoms with E-state index in [0.29, 0.717) is 23.0 Å². The van der Waals surface area contributed by atoms with Crippen LogP contribution in [-0.2, 0) is 7.05 Å². The molecule has 0 aliphatic heterocycles. The molecule has 29 heavy (non-hydrogen) atoms. The molecule has 3 aromatic rings. The lowest BCUT2D eigenvalue weighted by atomic mass is 10.1. The van der Waals surface area contributed by atoms with Crippen LogP contribution < -0.4 is 10.6 Å². The molecule has 1 unspecified atom stereocenters. The molecule has 0 fully saturated rings. The fourth-order valence-electron chi connectivity index (χ4n) is 2.88. The number of rotatable bonds is 7.